The van der Waals surface area contributed by atoms with Crippen molar-refractivity contribution in [3.05, 3.63) is 102 Å². The van der Waals surface area contributed by atoms with Crippen molar-refractivity contribution >= 4 is 23.5 Å². The second-order valence-corrected chi connectivity index (χ2v) is 10.4. The number of carbonyl (C=O) groups excluding carboxylic acids is 3. The molecule has 5 heteroatoms. The quantitative estimate of drug-likeness (QED) is 0.454. The molecule has 0 radical (unpaired) electrons. The maximum absolute atomic E-state index is 14.7. The zero-order chi connectivity index (χ0) is 24.8. The topological polar surface area (TPSA) is 63.7 Å². The molecule has 0 saturated heterocycles. The Kier molecular flexibility index (Phi) is 5.59. The first-order valence-corrected chi connectivity index (χ1v) is 12.0. The number of rotatable bonds is 2. The SMILES string of the molecule is CC(C)(C)OC(=O)N1C(=O)C2(c3ccccc31)[C@@H](c1ccccc1)CC(=O)C[C@@H]2c1ccccc1. The Bertz CT molecular complexity index is 1220. The predicted molar refractivity (Wildman–Crippen MR) is 134 cm³/mol. The fourth-order valence-corrected chi connectivity index (χ4v) is 5.83. The van der Waals surface area contributed by atoms with Gasteiger partial charge in [-0.2, -0.15) is 0 Å². The van der Waals surface area contributed by atoms with Crippen LogP contribution in [0.1, 0.15) is 62.1 Å². The summed E-state index contributed by atoms with van der Waals surface area (Å²) < 4.78 is 5.69. The number of amides is 2. The first-order valence-electron chi connectivity index (χ1n) is 12.0. The molecule has 1 saturated carbocycles. The Morgan fingerprint density at radius 3 is 1.80 bits per heavy atom. The van der Waals surface area contributed by atoms with Gasteiger partial charge in [-0.05, 0) is 43.5 Å². The Balaban J connectivity index is 1.78. The first-order chi connectivity index (χ1) is 16.7. The molecule has 5 rings (SSSR count). The third-order valence-corrected chi connectivity index (χ3v) is 7.09. The number of hydrogen-bond donors (Lipinski definition) is 0. The summed E-state index contributed by atoms with van der Waals surface area (Å²) in [7, 11) is 0. The number of fused-ring (bicyclic) bond motifs is 2. The summed E-state index contributed by atoms with van der Waals surface area (Å²) in [5.41, 5.74) is 1.24. The van der Waals surface area contributed by atoms with Crippen LogP contribution in [0.2, 0.25) is 0 Å². The number of ether oxygens (including phenoxy) is 1. The largest absolute Gasteiger partial charge is 0.443 e. The number of nitrogens with zero attached hydrogens (tertiary/aromatic N) is 1. The molecular formula is C30H29NO4. The lowest BCUT2D eigenvalue weighted by molar-refractivity contribution is -0.130. The molecule has 2 aliphatic rings. The molecule has 3 aromatic rings. The van der Waals surface area contributed by atoms with Crippen molar-refractivity contribution in [1.29, 1.82) is 0 Å². The van der Waals surface area contributed by atoms with Crippen molar-refractivity contribution in [3.8, 4) is 0 Å². The highest BCUT2D eigenvalue weighted by molar-refractivity contribution is 6.22. The number of anilines is 1. The molecule has 0 unspecified atom stereocenters. The molecule has 178 valence electrons. The molecule has 35 heavy (non-hydrogen) atoms. The van der Waals surface area contributed by atoms with Crippen molar-refractivity contribution in [3.63, 3.8) is 0 Å². The number of hydrogen-bond acceptors (Lipinski definition) is 4. The van der Waals surface area contributed by atoms with Crippen LogP contribution >= 0.6 is 0 Å². The van der Waals surface area contributed by atoms with E-state index in [2.05, 4.69) is 0 Å². The van der Waals surface area contributed by atoms with Gasteiger partial charge in [0, 0.05) is 24.7 Å². The normalized spacial score (nSPS) is 21.2. The van der Waals surface area contributed by atoms with E-state index in [1.165, 1.54) is 4.90 Å². The molecule has 1 aliphatic carbocycles. The number of imide groups is 1. The van der Waals surface area contributed by atoms with E-state index in [0.29, 0.717) is 5.69 Å². The van der Waals surface area contributed by atoms with Gasteiger partial charge in [0.25, 0.3) is 0 Å². The van der Waals surface area contributed by atoms with Gasteiger partial charge in [0.05, 0.1) is 11.1 Å². The fourth-order valence-electron chi connectivity index (χ4n) is 5.83. The monoisotopic (exact) mass is 467 g/mol. The molecule has 5 nitrogen and oxygen atoms in total. The molecule has 1 heterocycles. The lowest BCUT2D eigenvalue weighted by Gasteiger charge is -2.46. The van der Waals surface area contributed by atoms with Crippen LogP contribution in [-0.4, -0.2) is 23.4 Å². The van der Waals surface area contributed by atoms with Crippen molar-refractivity contribution in [2.24, 2.45) is 0 Å². The minimum absolute atomic E-state index is 0.110. The second kappa shape index (κ2) is 8.49. The van der Waals surface area contributed by atoms with E-state index in [0.717, 1.165) is 16.7 Å². The summed E-state index contributed by atoms with van der Waals surface area (Å²) in [6, 6.07) is 26.9. The molecule has 1 spiro atoms. The third-order valence-electron chi connectivity index (χ3n) is 7.09. The predicted octanol–water partition coefficient (Wildman–Crippen LogP) is 6.14. The Hall–Kier alpha value is -3.73. The van der Waals surface area contributed by atoms with Gasteiger partial charge in [0.1, 0.15) is 11.4 Å². The summed E-state index contributed by atoms with van der Waals surface area (Å²) in [6.07, 6.45) is -0.229. The lowest BCUT2D eigenvalue weighted by atomic mass is 9.54. The Morgan fingerprint density at radius 1 is 0.800 bits per heavy atom. The molecule has 0 bridgehead atoms. The Morgan fingerprint density at radius 2 is 1.29 bits per heavy atom. The Labute approximate surface area is 205 Å². The van der Waals surface area contributed by atoms with Crippen LogP contribution in [0.3, 0.4) is 0 Å². The lowest BCUT2D eigenvalue weighted by Crippen LogP contribution is -2.53. The minimum Gasteiger partial charge on any atom is -0.443 e. The molecule has 0 N–H and O–H groups in total. The maximum atomic E-state index is 14.7. The van der Waals surface area contributed by atoms with Gasteiger partial charge in [0.2, 0.25) is 5.91 Å². The van der Waals surface area contributed by atoms with Gasteiger partial charge in [-0.15, -0.1) is 0 Å². The summed E-state index contributed by atoms with van der Waals surface area (Å²) in [5, 5.41) is 0. The van der Waals surface area contributed by atoms with Crippen molar-refractivity contribution in [2.75, 3.05) is 4.90 Å². The van der Waals surface area contributed by atoms with Crippen molar-refractivity contribution in [1.82, 2.24) is 0 Å². The molecular weight excluding hydrogens is 438 g/mol. The number of Topliss-reactive ketones (excluding diaryl/α,β-unsaturated/α-hetero) is 1. The van der Waals surface area contributed by atoms with Gasteiger partial charge in [-0.1, -0.05) is 78.9 Å². The van der Waals surface area contributed by atoms with Gasteiger partial charge in [-0.25, -0.2) is 9.69 Å². The maximum Gasteiger partial charge on any atom is 0.421 e. The second-order valence-electron chi connectivity index (χ2n) is 10.4. The van der Waals surface area contributed by atoms with Gasteiger partial charge in [-0.3, -0.25) is 9.59 Å². The molecule has 2 amide bonds. The molecule has 1 aliphatic heterocycles. The van der Waals surface area contributed by atoms with E-state index in [1.54, 1.807) is 26.8 Å². The molecule has 1 fully saturated rings. The molecule has 0 aromatic heterocycles. The van der Waals surface area contributed by atoms with Crippen LogP contribution < -0.4 is 4.90 Å². The van der Waals surface area contributed by atoms with E-state index in [-0.39, 0.29) is 24.5 Å². The average Bonchev–Trinajstić information content (AvgIpc) is 3.09. The number of carbonyl (C=O) groups is 3. The highest BCUT2D eigenvalue weighted by atomic mass is 16.6. The highest BCUT2D eigenvalue weighted by Crippen LogP contribution is 2.61. The standard InChI is InChI=1S/C30H29NO4/c1-29(2,3)35-28(34)31-26-17-11-10-16-23(26)30(27(31)33)24(20-12-6-4-7-13-20)18-22(32)19-25(30)21-14-8-5-9-15-21/h4-17,24-25H,18-19H2,1-3H3/t24-,25-/m1/s1. The minimum atomic E-state index is -1.12. The van der Waals surface area contributed by atoms with E-state index < -0.39 is 28.9 Å². The first kappa shape index (κ1) is 23.0. The summed E-state index contributed by atoms with van der Waals surface area (Å²) in [5.74, 6) is -1.06. The van der Waals surface area contributed by atoms with Gasteiger partial charge in [0.15, 0.2) is 0 Å². The van der Waals surface area contributed by atoms with Crippen molar-refractivity contribution in [2.45, 2.75) is 56.5 Å². The van der Waals surface area contributed by atoms with Crippen LogP contribution in [0, 0.1) is 0 Å². The van der Waals surface area contributed by atoms with Gasteiger partial charge < -0.3 is 4.74 Å². The smallest absolute Gasteiger partial charge is 0.421 e. The number of ketones is 1. The summed E-state index contributed by atoms with van der Waals surface area (Å²) >= 11 is 0. The van der Waals surface area contributed by atoms with Crippen LogP contribution in [-0.2, 0) is 19.7 Å². The average molecular weight is 468 g/mol. The molecule has 2 atom stereocenters. The van der Waals surface area contributed by atoms with Crippen molar-refractivity contribution < 1.29 is 19.1 Å². The fraction of sp³-hybridized carbons (Fsp3) is 0.300. The van der Waals surface area contributed by atoms with Crippen LogP contribution in [0.4, 0.5) is 10.5 Å². The highest BCUT2D eigenvalue weighted by Gasteiger charge is 2.64. The molecule has 3 aromatic carbocycles. The van der Waals surface area contributed by atoms with E-state index in [1.807, 2.05) is 78.9 Å². The number of benzene rings is 3. The zero-order valence-electron chi connectivity index (χ0n) is 20.2. The van der Waals surface area contributed by atoms with E-state index in [9.17, 15) is 14.4 Å². The van der Waals surface area contributed by atoms with Crippen LogP contribution in [0.5, 0.6) is 0 Å². The van der Waals surface area contributed by atoms with Crippen LogP contribution in [0.25, 0.3) is 0 Å². The summed E-state index contributed by atoms with van der Waals surface area (Å²) in [6.45, 7) is 5.35. The van der Waals surface area contributed by atoms with Gasteiger partial charge >= 0.3 is 6.09 Å². The number of para-hydroxylation sites is 1. The van der Waals surface area contributed by atoms with Crippen LogP contribution in [0.15, 0.2) is 84.9 Å². The van der Waals surface area contributed by atoms with E-state index in [4.69, 9.17) is 4.74 Å². The van der Waals surface area contributed by atoms with E-state index >= 15 is 0 Å². The zero-order valence-corrected chi connectivity index (χ0v) is 20.2. The third kappa shape index (κ3) is 3.75. The summed E-state index contributed by atoms with van der Waals surface area (Å²) in [4.78, 5) is 42.5.